The third kappa shape index (κ3) is 6.39. The first-order chi connectivity index (χ1) is 16.0. The maximum Gasteiger partial charge on any atom is 0.324 e. The van der Waals surface area contributed by atoms with Gasteiger partial charge in [0, 0.05) is 43.3 Å². The molecule has 1 heterocycles. The highest BCUT2D eigenvalue weighted by atomic mass is 19.3. The number of ketones is 1. The monoisotopic (exact) mass is 473 g/mol. The summed E-state index contributed by atoms with van der Waals surface area (Å²) in [6.45, 7) is 6.71. The molecule has 0 saturated carbocycles. The quantitative estimate of drug-likeness (QED) is 0.608. The molecule has 0 unspecified atom stereocenters. The molecule has 1 aliphatic heterocycles. The van der Waals surface area contributed by atoms with Gasteiger partial charge in [0.25, 0.3) is 5.92 Å². The van der Waals surface area contributed by atoms with E-state index in [1.807, 2.05) is 45.0 Å². The molecule has 3 rings (SSSR count). The van der Waals surface area contributed by atoms with Gasteiger partial charge in [-0.3, -0.25) is 14.6 Å². The van der Waals surface area contributed by atoms with Gasteiger partial charge in [-0.05, 0) is 44.0 Å². The number of benzene rings is 2. The minimum atomic E-state index is -2.80. The molecule has 2 amide bonds. The summed E-state index contributed by atoms with van der Waals surface area (Å²) in [6, 6.07) is 13.9. The molecule has 1 fully saturated rings. The largest absolute Gasteiger partial charge is 0.388 e. The van der Waals surface area contributed by atoms with E-state index < -0.39 is 12.5 Å². The van der Waals surface area contributed by atoms with E-state index in [-0.39, 0.29) is 37.0 Å². The maximum absolute atomic E-state index is 13.7. The van der Waals surface area contributed by atoms with E-state index in [9.17, 15) is 18.4 Å². The van der Waals surface area contributed by atoms with Crippen molar-refractivity contribution in [1.82, 2.24) is 9.80 Å². The van der Waals surface area contributed by atoms with Crippen molar-refractivity contribution in [3.63, 3.8) is 0 Å². The van der Waals surface area contributed by atoms with E-state index in [0.717, 1.165) is 23.7 Å². The van der Waals surface area contributed by atoms with Crippen molar-refractivity contribution in [2.24, 2.45) is 0 Å². The number of alkyl halides is 2. The highest BCUT2D eigenvalue weighted by molar-refractivity contribution is 5.97. The van der Waals surface area contributed by atoms with Crippen LogP contribution in [0.5, 0.6) is 0 Å². The van der Waals surface area contributed by atoms with Gasteiger partial charge in [0.2, 0.25) is 0 Å². The molecule has 0 aliphatic carbocycles. The lowest BCUT2D eigenvalue weighted by atomic mass is 10.1. The first-order valence-electron chi connectivity index (χ1n) is 11.5. The van der Waals surface area contributed by atoms with Gasteiger partial charge in [0.1, 0.15) is 6.61 Å². The number of aryl methyl sites for hydroxylation is 1. The normalized spacial score (nSPS) is 19.2. The van der Waals surface area contributed by atoms with Gasteiger partial charge in [0.15, 0.2) is 5.78 Å². The van der Waals surface area contributed by atoms with Crippen LogP contribution in [0.25, 0.3) is 0 Å². The Kier molecular flexibility index (Phi) is 8.05. The van der Waals surface area contributed by atoms with Gasteiger partial charge in [-0.25, -0.2) is 13.6 Å². The van der Waals surface area contributed by atoms with Gasteiger partial charge in [-0.15, -0.1) is 0 Å². The van der Waals surface area contributed by atoms with Crippen LogP contribution >= 0.6 is 0 Å². The standard InChI is InChI=1S/C26H33F2N3O3/c1-18-6-5-7-23(12-18)30(15-21-8-10-22(11-9-21)24(33)16-32)25(34)29-13-19(2)31(20(3)14-29)17-26(4,27)28/h5-12,19-20,32H,13-17H2,1-4H3/t19-,20+. The van der Waals surface area contributed by atoms with E-state index in [4.69, 9.17) is 5.11 Å². The van der Waals surface area contributed by atoms with Crippen LogP contribution in [0.2, 0.25) is 0 Å². The summed E-state index contributed by atoms with van der Waals surface area (Å²) in [5.41, 5.74) is 2.99. The molecule has 184 valence electrons. The number of aliphatic hydroxyl groups is 1. The Morgan fingerprint density at radius 3 is 2.24 bits per heavy atom. The fraction of sp³-hybridized carbons (Fsp3) is 0.462. The van der Waals surface area contributed by atoms with E-state index in [1.165, 1.54) is 0 Å². The number of carbonyl (C=O) groups is 2. The zero-order valence-corrected chi connectivity index (χ0v) is 20.2. The number of rotatable bonds is 7. The van der Waals surface area contributed by atoms with Gasteiger partial charge in [-0.1, -0.05) is 36.4 Å². The summed E-state index contributed by atoms with van der Waals surface area (Å²) in [4.78, 5) is 30.6. The van der Waals surface area contributed by atoms with Crippen molar-refractivity contribution in [3.05, 3.63) is 65.2 Å². The number of halogens is 2. The average Bonchev–Trinajstić information content (AvgIpc) is 2.78. The van der Waals surface area contributed by atoms with Gasteiger partial charge in [0.05, 0.1) is 13.1 Å². The third-order valence-corrected chi connectivity index (χ3v) is 6.14. The van der Waals surface area contributed by atoms with E-state index in [1.54, 1.807) is 39.0 Å². The van der Waals surface area contributed by atoms with Gasteiger partial charge >= 0.3 is 6.03 Å². The lowest BCUT2D eigenvalue weighted by molar-refractivity contribution is -0.0533. The van der Waals surface area contributed by atoms with Gasteiger partial charge in [-0.2, -0.15) is 0 Å². The molecular weight excluding hydrogens is 440 g/mol. The number of urea groups is 1. The predicted octanol–water partition coefficient (Wildman–Crippen LogP) is 4.35. The topological polar surface area (TPSA) is 64.1 Å². The number of Topliss-reactive ketones (excluding diaryl/α,β-unsaturated/α-hetero) is 1. The van der Waals surface area contributed by atoms with Crippen molar-refractivity contribution >= 4 is 17.5 Å². The Balaban J connectivity index is 1.84. The smallest absolute Gasteiger partial charge is 0.324 e. The minimum Gasteiger partial charge on any atom is -0.388 e. The fourth-order valence-electron chi connectivity index (χ4n) is 4.45. The summed E-state index contributed by atoms with van der Waals surface area (Å²) >= 11 is 0. The number of aliphatic hydroxyl groups excluding tert-OH is 1. The molecule has 0 bridgehead atoms. The molecule has 1 N–H and O–H groups in total. The first kappa shape index (κ1) is 25.8. The predicted molar refractivity (Wildman–Crippen MR) is 128 cm³/mol. The van der Waals surface area contributed by atoms with Gasteiger partial charge < -0.3 is 10.0 Å². The molecule has 6 nitrogen and oxygen atoms in total. The summed E-state index contributed by atoms with van der Waals surface area (Å²) in [6.07, 6.45) is 0. The second-order valence-electron chi connectivity index (χ2n) is 9.33. The Hall–Kier alpha value is -2.84. The summed E-state index contributed by atoms with van der Waals surface area (Å²) in [5.74, 6) is -3.16. The molecule has 0 aromatic heterocycles. The zero-order valence-electron chi connectivity index (χ0n) is 20.2. The van der Waals surface area contributed by atoms with E-state index in [2.05, 4.69) is 0 Å². The van der Waals surface area contributed by atoms with Crippen LogP contribution < -0.4 is 4.90 Å². The summed E-state index contributed by atoms with van der Waals surface area (Å²) < 4.78 is 27.3. The molecule has 2 aromatic rings. The Morgan fingerprint density at radius 2 is 1.71 bits per heavy atom. The second-order valence-corrected chi connectivity index (χ2v) is 9.33. The fourth-order valence-corrected chi connectivity index (χ4v) is 4.45. The Bertz CT molecular complexity index is 995. The molecular formula is C26H33F2N3O3. The lowest BCUT2D eigenvalue weighted by Gasteiger charge is -2.46. The third-order valence-electron chi connectivity index (χ3n) is 6.14. The summed E-state index contributed by atoms with van der Waals surface area (Å²) in [5, 5.41) is 9.07. The number of hydrogen-bond acceptors (Lipinski definition) is 4. The minimum absolute atomic E-state index is 0.192. The van der Waals surface area contributed by atoms with Crippen LogP contribution in [0.1, 0.15) is 42.3 Å². The maximum atomic E-state index is 13.7. The number of carbonyl (C=O) groups excluding carboxylic acids is 2. The number of piperazine rings is 1. The molecule has 0 spiro atoms. The SMILES string of the molecule is Cc1cccc(N(Cc2ccc(C(=O)CO)cc2)C(=O)N2C[C@@H](C)N(CC(C)(F)F)[C@@H](C)C2)c1. The molecule has 1 aliphatic rings. The van der Waals surface area contributed by atoms with Crippen LogP contribution in [-0.4, -0.2) is 71.0 Å². The molecule has 1 saturated heterocycles. The highest BCUT2D eigenvalue weighted by Crippen LogP contribution is 2.26. The highest BCUT2D eigenvalue weighted by Gasteiger charge is 2.38. The first-order valence-corrected chi connectivity index (χ1v) is 11.5. The van der Waals surface area contributed by atoms with E-state index in [0.29, 0.717) is 18.7 Å². The van der Waals surface area contributed by atoms with Crippen molar-refractivity contribution in [2.75, 3.05) is 31.1 Å². The van der Waals surface area contributed by atoms with Crippen LogP contribution in [0.15, 0.2) is 48.5 Å². The second kappa shape index (κ2) is 10.6. The number of hydrogen-bond donors (Lipinski definition) is 1. The van der Waals surface area contributed by atoms with Crippen molar-refractivity contribution in [1.29, 1.82) is 0 Å². The molecule has 2 atom stereocenters. The van der Waals surface area contributed by atoms with Crippen LogP contribution in [0, 0.1) is 6.92 Å². The molecule has 0 radical (unpaired) electrons. The van der Waals surface area contributed by atoms with Crippen molar-refractivity contribution in [2.45, 2.75) is 52.2 Å². The molecule has 8 heteroatoms. The van der Waals surface area contributed by atoms with E-state index >= 15 is 0 Å². The number of amides is 2. The van der Waals surface area contributed by atoms with Crippen LogP contribution in [0.4, 0.5) is 19.3 Å². The number of anilines is 1. The lowest BCUT2D eigenvalue weighted by Crippen LogP contribution is -2.61. The average molecular weight is 474 g/mol. The van der Waals surface area contributed by atoms with Crippen molar-refractivity contribution < 1.29 is 23.5 Å². The molecule has 34 heavy (non-hydrogen) atoms. The zero-order chi connectivity index (χ0) is 25.0. The number of nitrogens with zero attached hydrogens (tertiary/aromatic N) is 3. The van der Waals surface area contributed by atoms with Crippen LogP contribution in [0.3, 0.4) is 0 Å². The summed E-state index contributed by atoms with van der Waals surface area (Å²) in [7, 11) is 0. The molecule has 2 aromatic carbocycles. The Morgan fingerprint density at radius 1 is 1.09 bits per heavy atom. The van der Waals surface area contributed by atoms with Crippen LogP contribution in [-0.2, 0) is 6.54 Å². The van der Waals surface area contributed by atoms with Crippen molar-refractivity contribution in [3.8, 4) is 0 Å². The Labute approximate surface area is 199 Å².